The second kappa shape index (κ2) is 19.7. The van der Waals surface area contributed by atoms with E-state index in [2.05, 4.69) is 50.3 Å². The minimum atomic E-state index is -0.0235. The third kappa shape index (κ3) is 18.7. The molecule has 0 aliphatic heterocycles. The molecule has 0 saturated heterocycles. The fourth-order valence-corrected chi connectivity index (χ4v) is 2.29. The Morgan fingerprint density at radius 1 is 0.750 bits per heavy atom. The lowest BCUT2D eigenvalue weighted by atomic mass is 10.1. The fraction of sp³-hybridized carbons (Fsp3) is 0.682. The smallest absolute Gasteiger partial charge is 0.305 e. The maximum Gasteiger partial charge on any atom is 0.305 e. The predicted molar refractivity (Wildman–Crippen MR) is 105 cm³/mol. The van der Waals surface area contributed by atoms with Crippen molar-refractivity contribution in [3.8, 4) is 0 Å². The molecule has 0 saturated carbocycles. The molecule has 0 aromatic carbocycles. The Labute approximate surface area is 150 Å². The molecular formula is C22H38O2. The highest BCUT2D eigenvalue weighted by Crippen LogP contribution is 2.08. The van der Waals surface area contributed by atoms with E-state index < -0.39 is 0 Å². The van der Waals surface area contributed by atoms with Crippen LogP contribution in [-0.4, -0.2) is 12.6 Å². The van der Waals surface area contributed by atoms with E-state index in [1.165, 1.54) is 25.7 Å². The van der Waals surface area contributed by atoms with Crippen LogP contribution in [0.4, 0.5) is 0 Å². The van der Waals surface area contributed by atoms with Crippen LogP contribution in [0.15, 0.2) is 36.5 Å². The van der Waals surface area contributed by atoms with Crippen molar-refractivity contribution in [3.63, 3.8) is 0 Å². The first-order valence-corrected chi connectivity index (χ1v) is 9.91. The maximum atomic E-state index is 11.4. The summed E-state index contributed by atoms with van der Waals surface area (Å²) in [5, 5.41) is 0. The molecule has 0 bridgehead atoms. The summed E-state index contributed by atoms with van der Waals surface area (Å²) in [6.45, 7) is 4.85. The molecule has 0 heterocycles. The maximum absolute atomic E-state index is 11.4. The van der Waals surface area contributed by atoms with Crippen molar-refractivity contribution >= 4 is 5.97 Å². The van der Waals surface area contributed by atoms with Crippen LogP contribution in [0.1, 0.15) is 90.9 Å². The standard InChI is InChI=1S/C22H38O2/c1-3-5-7-8-9-10-11-12-13-14-15-16-17-18-19-20-22(23)24-21-6-4-2/h5,7,9-10,12-13H,3-4,6,8,11,14-21H2,1-2H3. The van der Waals surface area contributed by atoms with Crippen LogP contribution in [0.2, 0.25) is 0 Å². The Bertz CT molecular complexity index is 353. The normalized spacial score (nSPS) is 11.9. The fourth-order valence-electron chi connectivity index (χ4n) is 2.29. The molecule has 0 N–H and O–H groups in total. The van der Waals surface area contributed by atoms with Gasteiger partial charge in [-0.2, -0.15) is 0 Å². The summed E-state index contributed by atoms with van der Waals surface area (Å²) in [5.74, 6) is -0.0235. The van der Waals surface area contributed by atoms with E-state index >= 15 is 0 Å². The van der Waals surface area contributed by atoms with Gasteiger partial charge in [-0.15, -0.1) is 0 Å². The number of carbonyl (C=O) groups excluding carboxylic acids is 1. The van der Waals surface area contributed by atoms with Gasteiger partial charge >= 0.3 is 5.97 Å². The molecular weight excluding hydrogens is 296 g/mol. The van der Waals surface area contributed by atoms with Crippen LogP contribution in [0.5, 0.6) is 0 Å². The van der Waals surface area contributed by atoms with Crippen molar-refractivity contribution in [1.29, 1.82) is 0 Å². The number of unbranched alkanes of at least 4 members (excludes halogenated alkanes) is 6. The molecule has 0 aromatic rings. The Kier molecular flexibility index (Phi) is 18.7. The van der Waals surface area contributed by atoms with Gasteiger partial charge in [0.2, 0.25) is 0 Å². The number of hydrogen-bond donors (Lipinski definition) is 0. The predicted octanol–water partition coefficient (Wildman–Crippen LogP) is 6.92. The van der Waals surface area contributed by atoms with E-state index in [-0.39, 0.29) is 5.97 Å². The van der Waals surface area contributed by atoms with Gasteiger partial charge in [-0.25, -0.2) is 0 Å². The summed E-state index contributed by atoms with van der Waals surface area (Å²) in [7, 11) is 0. The van der Waals surface area contributed by atoms with Gasteiger partial charge in [0.15, 0.2) is 0 Å². The largest absolute Gasteiger partial charge is 0.466 e. The SMILES string of the molecule is CCC=CCC=CCC=CCCCCCCCC(=O)OCCCC. The number of rotatable bonds is 16. The third-order valence-electron chi connectivity index (χ3n) is 3.79. The lowest BCUT2D eigenvalue weighted by molar-refractivity contribution is -0.143. The van der Waals surface area contributed by atoms with E-state index in [0.717, 1.165) is 44.9 Å². The van der Waals surface area contributed by atoms with Crippen LogP contribution < -0.4 is 0 Å². The second-order valence-electron chi connectivity index (χ2n) is 6.17. The Hall–Kier alpha value is -1.31. The van der Waals surface area contributed by atoms with Crippen molar-refractivity contribution in [2.45, 2.75) is 90.9 Å². The number of allylic oxidation sites excluding steroid dienone is 6. The molecule has 0 unspecified atom stereocenters. The third-order valence-corrected chi connectivity index (χ3v) is 3.79. The zero-order valence-corrected chi connectivity index (χ0v) is 16.0. The molecule has 0 aromatic heterocycles. The van der Waals surface area contributed by atoms with Crippen molar-refractivity contribution < 1.29 is 9.53 Å². The molecule has 138 valence electrons. The van der Waals surface area contributed by atoms with Gasteiger partial charge in [0.05, 0.1) is 6.61 Å². The highest BCUT2D eigenvalue weighted by Gasteiger charge is 2.01. The molecule has 0 spiro atoms. The Morgan fingerprint density at radius 2 is 1.38 bits per heavy atom. The lowest BCUT2D eigenvalue weighted by Crippen LogP contribution is -2.05. The van der Waals surface area contributed by atoms with Gasteiger partial charge in [-0.05, 0) is 44.9 Å². The minimum Gasteiger partial charge on any atom is -0.466 e. The number of ether oxygens (including phenoxy) is 1. The molecule has 0 radical (unpaired) electrons. The first-order valence-electron chi connectivity index (χ1n) is 9.91. The number of carbonyl (C=O) groups is 1. The van der Waals surface area contributed by atoms with Crippen LogP contribution in [0, 0.1) is 0 Å². The molecule has 2 nitrogen and oxygen atoms in total. The van der Waals surface area contributed by atoms with Crippen molar-refractivity contribution in [1.82, 2.24) is 0 Å². The molecule has 2 heteroatoms. The summed E-state index contributed by atoms with van der Waals surface area (Å²) in [5.41, 5.74) is 0. The summed E-state index contributed by atoms with van der Waals surface area (Å²) in [4.78, 5) is 11.4. The van der Waals surface area contributed by atoms with Crippen LogP contribution in [-0.2, 0) is 9.53 Å². The van der Waals surface area contributed by atoms with Crippen molar-refractivity contribution in [3.05, 3.63) is 36.5 Å². The first-order chi connectivity index (χ1) is 11.8. The van der Waals surface area contributed by atoms with E-state index in [0.29, 0.717) is 13.0 Å². The molecule has 0 amide bonds. The van der Waals surface area contributed by atoms with Crippen LogP contribution in [0.25, 0.3) is 0 Å². The summed E-state index contributed by atoms with van der Waals surface area (Å²) in [6.07, 6.45) is 26.3. The number of esters is 1. The van der Waals surface area contributed by atoms with Crippen LogP contribution >= 0.6 is 0 Å². The molecule has 0 fully saturated rings. The molecule has 0 rings (SSSR count). The molecule has 0 atom stereocenters. The molecule has 0 aliphatic rings. The lowest BCUT2D eigenvalue weighted by Gasteiger charge is -2.03. The van der Waals surface area contributed by atoms with Crippen LogP contribution in [0.3, 0.4) is 0 Å². The Morgan fingerprint density at radius 3 is 2.08 bits per heavy atom. The quantitative estimate of drug-likeness (QED) is 0.174. The topological polar surface area (TPSA) is 26.3 Å². The van der Waals surface area contributed by atoms with Crippen molar-refractivity contribution in [2.75, 3.05) is 6.61 Å². The second-order valence-corrected chi connectivity index (χ2v) is 6.17. The van der Waals surface area contributed by atoms with E-state index in [1.807, 2.05) is 0 Å². The van der Waals surface area contributed by atoms with Gasteiger partial charge < -0.3 is 4.74 Å². The zero-order valence-electron chi connectivity index (χ0n) is 16.0. The highest BCUT2D eigenvalue weighted by atomic mass is 16.5. The van der Waals surface area contributed by atoms with Crippen molar-refractivity contribution in [2.24, 2.45) is 0 Å². The van der Waals surface area contributed by atoms with Gasteiger partial charge in [0.1, 0.15) is 0 Å². The monoisotopic (exact) mass is 334 g/mol. The highest BCUT2D eigenvalue weighted by molar-refractivity contribution is 5.69. The summed E-state index contributed by atoms with van der Waals surface area (Å²) < 4.78 is 5.14. The van der Waals surface area contributed by atoms with E-state index in [9.17, 15) is 4.79 Å². The van der Waals surface area contributed by atoms with Gasteiger partial charge in [0.25, 0.3) is 0 Å². The summed E-state index contributed by atoms with van der Waals surface area (Å²) in [6, 6.07) is 0. The first kappa shape index (κ1) is 22.7. The average Bonchev–Trinajstić information content (AvgIpc) is 2.58. The minimum absolute atomic E-state index is 0.0235. The molecule has 0 aliphatic carbocycles. The molecule has 24 heavy (non-hydrogen) atoms. The van der Waals surface area contributed by atoms with E-state index in [1.54, 1.807) is 0 Å². The Balaban J connectivity index is 3.28. The zero-order chi connectivity index (χ0) is 17.7. The van der Waals surface area contributed by atoms with Gasteiger partial charge in [-0.3, -0.25) is 4.79 Å². The van der Waals surface area contributed by atoms with Gasteiger partial charge in [-0.1, -0.05) is 76.0 Å². The number of hydrogen-bond acceptors (Lipinski definition) is 2. The average molecular weight is 335 g/mol. The van der Waals surface area contributed by atoms with E-state index in [4.69, 9.17) is 4.74 Å². The van der Waals surface area contributed by atoms with Gasteiger partial charge in [0, 0.05) is 6.42 Å². The summed E-state index contributed by atoms with van der Waals surface area (Å²) >= 11 is 0.